The Kier molecular flexibility index (Phi) is 6.75. The van der Waals surface area contributed by atoms with Crippen molar-refractivity contribution in [1.29, 1.82) is 0 Å². The van der Waals surface area contributed by atoms with Crippen LogP contribution in [0.25, 0.3) is 11.1 Å². The van der Waals surface area contributed by atoms with E-state index in [9.17, 15) is 14.4 Å². The van der Waals surface area contributed by atoms with Crippen LogP contribution in [0.15, 0.2) is 48.5 Å². The summed E-state index contributed by atoms with van der Waals surface area (Å²) >= 11 is 0. The van der Waals surface area contributed by atoms with Gasteiger partial charge in [-0.1, -0.05) is 67.8 Å². The first-order valence-electron chi connectivity index (χ1n) is 12.6. The Labute approximate surface area is 205 Å². The maximum Gasteiger partial charge on any atom is 0.407 e. The molecule has 3 aliphatic carbocycles. The molecule has 3 unspecified atom stereocenters. The average Bonchev–Trinajstić information content (AvgIpc) is 3.48. The summed E-state index contributed by atoms with van der Waals surface area (Å²) in [6, 6.07) is 15.5. The molecule has 2 amide bonds. The van der Waals surface area contributed by atoms with E-state index >= 15 is 0 Å². The summed E-state index contributed by atoms with van der Waals surface area (Å²) in [5.74, 6) is -0.764. The minimum Gasteiger partial charge on any atom is -0.481 e. The van der Waals surface area contributed by atoms with E-state index in [-0.39, 0.29) is 36.8 Å². The number of aliphatic carboxylic acids is 1. The van der Waals surface area contributed by atoms with E-state index in [1.54, 1.807) is 0 Å². The summed E-state index contributed by atoms with van der Waals surface area (Å²) in [4.78, 5) is 37.1. The second-order valence-electron chi connectivity index (χ2n) is 10.1. The zero-order chi connectivity index (χ0) is 24.4. The number of hydrogen-bond acceptors (Lipinski definition) is 4. The second kappa shape index (κ2) is 10.1. The highest BCUT2D eigenvalue weighted by molar-refractivity contribution is 5.86. The fourth-order valence-electron chi connectivity index (χ4n) is 5.68. The molecule has 2 fully saturated rings. The predicted octanol–water partition coefficient (Wildman–Crippen LogP) is 4.45. The van der Waals surface area contributed by atoms with Crippen LogP contribution in [0.5, 0.6) is 0 Å². The van der Waals surface area contributed by atoms with E-state index in [1.807, 2.05) is 24.3 Å². The minimum atomic E-state index is -0.845. The van der Waals surface area contributed by atoms with Crippen molar-refractivity contribution >= 4 is 18.0 Å². The highest BCUT2D eigenvalue weighted by Gasteiger charge is 2.36. The van der Waals surface area contributed by atoms with Crippen molar-refractivity contribution in [2.75, 3.05) is 6.61 Å². The molecule has 2 aromatic carbocycles. The molecule has 35 heavy (non-hydrogen) atoms. The molecular formula is C28H32N2O5. The first-order valence-corrected chi connectivity index (χ1v) is 12.6. The topological polar surface area (TPSA) is 105 Å². The summed E-state index contributed by atoms with van der Waals surface area (Å²) in [5.41, 5.74) is 4.60. The molecule has 0 spiro atoms. The Morgan fingerprint density at radius 1 is 0.943 bits per heavy atom. The zero-order valence-electron chi connectivity index (χ0n) is 19.7. The lowest BCUT2D eigenvalue weighted by Crippen LogP contribution is -2.51. The van der Waals surface area contributed by atoms with Crippen LogP contribution in [0.3, 0.4) is 0 Å². The summed E-state index contributed by atoms with van der Waals surface area (Å²) in [6.45, 7) is 0.195. The van der Waals surface area contributed by atoms with Gasteiger partial charge in [0.2, 0.25) is 5.91 Å². The Hall–Kier alpha value is -3.35. The van der Waals surface area contributed by atoms with Gasteiger partial charge >= 0.3 is 12.1 Å². The molecule has 184 valence electrons. The number of carboxylic acid groups (broad SMARTS) is 1. The highest BCUT2D eigenvalue weighted by Crippen LogP contribution is 2.44. The van der Waals surface area contributed by atoms with Crippen LogP contribution in [-0.2, 0) is 14.3 Å². The third-order valence-corrected chi connectivity index (χ3v) is 7.64. The molecule has 3 N–H and O–H groups in total. The lowest BCUT2D eigenvalue weighted by atomic mass is 9.98. The van der Waals surface area contributed by atoms with Crippen molar-refractivity contribution in [2.24, 2.45) is 11.8 Å². The van der Waals surface area contributed by atoms with Gasteiger partial charge in [0.15, 0.2) is 0 Å². The van der Waals surface area contributed by atoms with Gasteiger partial charge in [0, 0.05) is 12.0 Å². The number of rotatable bonds is 9. The largest absolute Gasteiger partial charge is 0.481 e. The summed E-state index contributed by atoms with van der Waals surface area (Å²) in [5, 5.41) is 15.0. The highest BCUT2D eigenvalue weighted by atomic mass is 16.5. The molecule has 5 rings (SSSR count). The third-order valence-electron chi connectivity index (χ3n) is 7.64. The summed E-state index contributed by atoms with van der Waals surface area (Å²) in [7, 11) is 0. The monoisotopic (exact) mass is 476 g/mol. The number of fused-ring (bicyclic) bond motifs is 3. The van der Waals surface area contributed by atoms with Gasteiger partial charge in [-0.05, 0) is 53.4 Å². The van der Waals surface area contributed by atoms with Crippen molar-refractivity contribution in [3.05, 3.63) is 59.7 Å². The maximum absolute atomic E-state index is 13.1. The fraction of sp³-hybridized carbons (Fsp3) is 0.464. The van der Waals surface area contributed by atoms with Gasteiger partial charge in [0.05, 0.1) is 6.42 Å². The number of amides is 2. The van der Waals surface area contributed by atoms with Crippen LogP contribution in [0, 0.1) is 11.8 Å². The van der Waals surface area contributed by atoms with Crippen molar-refractivity contribution in [2.45, 2.75) is 62.9 Å². The van der Waals surface area contributed by atoms with Gasteiger partial charge in [0.25, 0.3) is 0 Å². The normalized spacial score (nSPS) is 21.6. The number of alkyl carbamates (subject to hydrolysis) is 1. The number of nitrogens with one attached hydrogen (secondary N) is 2. The van der Waals surface area contributed by atoms with E-state index in [1.165, 1.54) is 0 Å². The fourth-order valence-corrected chi connectivity index (χ4v) is 5.68. The molecule has 0 bridgehead atoms. The Morgan fingerprint density at radius 2 is 1.60 bits per heavy atom. The third kappa shape index (κ3) is 5.34. The number of carbonyl (C=O) groups excluding carboxylic acids is 2. The van der Waals surface area contributed by atoms with E-state index in [2.05, 4.69) is 34.9 Å². The first-order chi connectivity index (χ1) is 17.0. The molecule has 7 nitrogen and oxygen atoms in total. The molecule has 0 radical (unpaired) electrons. The van der Waals surface area contributed by atoms with Crippen LogP contribution < -0.4 is 10.6 Å². The molecule has 3 atom stereocenters. The van der Waals surface area contributed by atoms with E-state index in [0.717, 1.165) is 54.4 Å². The van der Waals surface area contributed by atoms with Crippen LogP contribution in [0.1, 0.15) is 62.0 Å². The molecular weight excluding hydrogens is 444 g/mol. The zero-order valence-corrected chi connectivity index (χ0v) is 19.7. The van der Waals surface area contributed by atoms with Crippen molar-refractivity contribution in [1.82, 2.24) is 10.6 Å². The Morgan fingerprint density at radius 3 is 2.23 bits per heavy atom. The number of benzene rings is 2. The van der Waals surface area contributed by atoms with Gasteiger partial charge in [0.1, 0.15) is 12.6 Å². The van der Waals surface area contributed by atoms with Crippen molar-refractivity contribution < 1.29 is 24.2 Å². The predicted molar refractivity (Wildman–Crippen MR) is 131 cm³/mol. The van der Waals surface area contributed by atoms with Crippen LogP contribution in [0.2, 0.25) is 0 Å². The van der Waals surface area contributed by atoms with Crippen molar-refractivity contribution in [3.8, 4) is 11.1 Å². The van der Waals surface area contributed by atoms with Gasteiger partial charge in [-0.3, -0.25) is 9.59 Å². The standard InChI is InChI=1S/C28H32N2O5/c31-26(32)15-18-6-5-11-24(18)29-27(33)25(14-17-12-13-17)30-28(34)35-16-23-21-9-3-1-7-19(21)20-8-2-4-10-22(20)23/h1-4,7-10,17-18,23-25H,5-6,11-16H2,(H,29,33)(H,30,34)(H,31,32). The molecule has 2 saturated carbocycles. The van der Waals surface area contributed by atoms with E-state index < -0.39 is 18.1 Å². The van der Waals surface area contributed by atoms with Gasteiger partial charge in [-0.2, -0.15) is 0 Å². The quantitative estimate of drug-likeness (QED) is 0.496. The number of ether oxygens (including phenoxy) is 1. The molecule has 7 heteroatoms. The molecule has 0 heterocycles. The lowest BCUT2D eigenvalue weighted by Gasteiger charge is -2.24. The maximum atomic E-state index is 13.1. The van der Waals surface area contributed by atoms with Crippen LogP contribution >= 0.6 is 0 Å². The first kappa shape index (κ1) is 23.4. The molecule has 0 aliphatic heterocycles. The average molecular weight is 477 g/mol. The molecule has 3 aliphatic rings. The summed E-state index contributed by atoms with van der Waals surface area (Å²) < 4.78 is 5.66. The van der Waals surface area contributed by atoms with E-state index in [0.29, 0.717) is 12.3 Å². The second-order valence-corrected chi connectivity index (χ2v) is 10.1. The summed E-state index contributed by atoms with van der Waals surface area (Å²) in [6.07, 6.45) is 4.61. The van der Waals surface area contributed by atoms with Gasteiger partial charge in [-0.15, -0.1) is 0 Å². The Bertz CT molecular complexity index is 1070. The van der Waals surface area contributed by atoms with E-state index in [4.69, 9.17) is 9.84 Å². The SMILES string of the molecule is O=C(O)CC1CCCC1NC(=O)C(CC1CC1)NC(=O)OCC1c2ccccc2-c2ccccc21. The van der Waals surface area contributed by atoms with Gasteiger partial charge < -0.3 is 20.5 Å². The van der Waals surface area contributed by atoms with Gasteiger partial charge in [-0.25, -0.2) is 4.79 Å². The molecule has 2 aromatic rings. The number of hydrogen-bond donors (Lipinski definition) is 3. The van der Waals surface area contributed by atoms with Crippen LogP contribution in [0.4, 0.5) is 4.79 Å². The molecule has 0 aromatic heterocycles. The molecule has 0 saturated heterocycles. The minimum absolute atomic E-state index is 0.0425. The smallest absolute Gasteiger partial charge is 0.407 e. The van der Waals surface area contributed by atoms with Crippen LogP contribution in [-0.4, -0.2) is 41.8 Å². The van der Waals surface area contributed by atoms with Crippen molar-refractivity contribution in [3.63, 3.8) is 0 Å². The Balaban J connectivity index is 1.21. The lowest BCUT2D eigenvalue weighted by molar-refractivity contribution is -0.138. The number of carboxylic acids is 1. The number of carbonyl (C=O) groups is 3.